The third-order valence-electron chi connectivity index (χ3n) is 6.44. The molecule has 1 aromatic carbocycles. The third kappa shape index (κ3) is 4.29. The maximum Gasteiger partial charge on any atom is 0.262 e. The van der Waals surface area contributed by atoms with Crippen LogP contribution >= 0.6 is 0 Å². The lowest BCUT2D eigenvalue weighted by Crippen LogP contribution is -2.54. The summed E-state index contributed by atoms with van der Waals surface area (Å²) in [4.78, 5) is 50.5. The van der Waals surface area contributed by atoms with Crippen molar-refractivity contribution < 1.29 is 28.0 Å². The topological polar surface area (TPSA) is 108 Å². The lowest BCUT2D eigenvalue weighted by molar-refractivity contribution is -0.136. The Bertz CT molecular complexity index is 952. The maximum absolute atomic E-state index is 14.2. The predicted octanol–water partition coefficient (Wildman–Crippen LogP) is 1.20. The van der Waals surface area contributed by atoms with E-state index in [2.05, 4.69) is 16.0 Å². The fourth-order valence-electron chi connectivity index (χ4n) is 4.66. The van der Waals surface area contributed by atoms with E-state index in [0.29, 0.717) is 38.0 Å². The van der Waals surface area contributed by atoms with Gasteiger partial charge in [0.25, 0.3) is 17.7 Å². The van der Waals surface area contributed by atoms with Crippen LogP contribution in [0.3, 0.4) is 0 Å². The Labute approximate surface area is 184 Å². The molecule has 32 heavy (non-hydrogen) atoms. The quantitative estimate of drug-likeness (QED) is 0.446. The Morgan fingerprint density at radius 2 is 1.91 bits per heavy atom. The Balaban J connectivity index is 1.42. The molecule has 1 aromatic rings. The van der Waals surface area contributed by atoms with Gasteiger partial charge in [-0.25, -0.2) is 8.78 Å². The van der Waals surface area contributed by atoms with Crippen LogP contribution < -0.4 is 16.0 Å². The highest BCUT2D eigenvalue weighted by atomic mass is 19.3. The van der Waals surface area contributed by atoms with Gasteiger partial charge in [-0.3, -0.25) is 29.4 Å². The number of carbonyl (C=O) groups excluding carboxylic acids is 4. The number of amides is 4. The predicted molar refractivity (Wildman–Crippen MR) is 110 cm³/mol. The highest BCUT2D eigenvalue weighted by Crippen LogP contribution is 2.34. The molecule has 8 nitrogen and oxygen atoms in total. The summed E-state index contributed by atoms with van der Waals surface area (Å²) < 4.78 is 28.4. The van der Waals surface area contributed by atoms with Crippen LogP contribution in [0.25, 0.3) is 0 Å². The molecule has 0 aliphatic carbocycles. The molecule has 3 N–H and O–H groups in total. The number of carbonyl (C=O) groups is 4. The molecule has 2 unspecified atom stereocenters. The molecule has 0 bridgehead atoms. The van der Waals surface area contributed by atoms with Crippen molar-refractivity contribution in [1.82, 2.24) is 20.9 Å². The largest absolute Gasteiger partial charge is 0.316 e. The van der Waals surface area contributed by atoms with Crippen LogP contribution in [0.1, 0.15) is 58.4 Å². The normalized spacial score (nSPS) is 25.5. The van der Waals surface area contributed by atoms with Gasteiger partial charge >= 0.3 is 0 Å². The van der Waals surface area contributed by atoms with Crippen molar-refractivity contribution >= 4 is 23.6 Å². The first kappa shape index (κ1) is 22.5. The van der Waals surface area contributed by atoms with Crippen molar-refractivity contribution in [1.29, 1.82) is 0 Å². The second-order valence-corrected chi connectivity index (χ2v) is 8.50. The number of hydrogen-bond acceptors (Lipinski definition) is 6. The molecule has 3 aliphatic heterocycles. The first-order chi connectivity index (χ1) is 15.3. The van der Waals surface area contributed by atoms with E-state index in [-0.39, 0.29) is 36.9 Å². The van der Waals surface area contributed by atoms with Gasteiger partial charge in [-0.1, -0.05) is 12.1 Å². The van der Waals surface area contributed by atoms with Gasteiger partial charge in [0.1, 0.15) is 6.04 Å². The van der Waals surface area contributed by atoms with E-state index >= 15 is 0 Å². The molecule has 2 fully saturated rings. The molecule has 0 saturated carbocycles. The average molecular weight is 448 g/mol. The molecule has 3 heterocycles. The van der Waals surface area contributed by atoms with Gasteiger partial charge in [-0.05, 0) is 44.0 Å². The standard InChI is InChI=1S/C22H26F2N4O4/c23-22(24)8-11-25-9-6-14(22)7-10-26-12-13-2-1-3-15-18(13)21(32)28(20(15)31)16-4-5-17(29)27-19(16)30/h1-3,14,16,25-26H,4-12H2,(H,27,29,30). The van der Waals surface area contributed by atoms with Gasteiger partial charge in [-0.15, -0.1) is 0 Å². The minimum atomic E-state index is -2.70. The second kappa shape index (κ2) is 9.03. The number of nitrogens with zero attached hydrogens (tertiary/aromatic N) is 1. The van der Waals surface area contributed by atoms with Crippen molar-refractivity contribution in [3.63, 3.8) is 0 Å². The van der Waals surface area contributed by atoms with Crippen LogP contribution in [-0.2, 0) is 16.1 Å². The van der Waals surface area contributed by atoms with Gasteiger partial charge in [0.15, 0.2) is 0 Å². The number of benzene rings is 1. The molecular formula is C22H26F2N4O4. The van der Waals surface area contributed by atoms with E-state index in [1.807, 2.05) is 0 Å². The van der Waals surface area contributed by atoms with E-state index in [1.54, 1.807) is 12.1 Å². The summed E-state index contributed by atoms with van der Waals surface area (Å²) in [6.07, 6.45) is 0.687. The van der Waals surface area contributed by atoms with Gasteiger partial charge in [0.2, 0.25) is 11.8 Å². The zero-order valence-corrected chi connectivity index (χ0v) is 17.6. The van der Waals surface area contributed by atoms with Gasteiger partial charge in [0, 0.05) is 31.8 Å². The highest BCUT2D eigenvalue weighted by molar-refractivity contribution is 6.24. The summed E-state index contributed by atoms with van der Waals surface area (Å²) in [6, 6.07) is 3.87. The molecule has 10 heteroatoms. The lowest BCUT2D eigenvalue weighted by atomic mass is 9.93. The van der Waals surface area contributed by atoms with Gasteiger partial charge in [0.05, 0.1) is 11.1 Å². The summed E-state index contributed by atoms with van der Waals surface area (Å²) >= 11 is 0. The molecule has 4 rings (SSSR count). The van der Waals surface area contributed by atoms with E-state index < -0.39 is 41.5 Å². The molecule has 0 aromatic heterocycles. The Kier molecular flexibility index (Phi) is 6.34. The summed E-state index contributed by atoms with van der Waals surface area (Å²) in [6.45, 7) is 1.47. The molecule has 2 saturated heterocycles. The summed E-state index contributed by atoms with van der Waals surface area (Å²) in [7, 11) is 0. The van der Waals surface area contributed by atoms with Crippen molar-refractivity contribution in [3.05, 3.63) is 34.9 Å². The van der Waals surface area contributed by atoms with Crippen molar-refractivity contribution in [3.8, 4) is 0 Å². The summed E-state index contributed by atoms with van der Waals surface area (Å²) in [5, 5.41) is 8.29. The van der Waals surface area contributed by atoms with E-state index in [4.69, 9.17) is 0 Å². The number of rotatable bonds is 6. The molecular weight excluding hydrogens is 422 g/mol. The van der Waals surface area contributed by atoms with Crippen molar-refractivity contribution in [2.24, 2.45) is 5.92 Å². The fourth-order valence-corrected chi connectivity index (χ4v) is 4.66. The second-order valence-electron chi connectivity index (χ2n) is 8.50. The van der Waals surface area contributed by atoms with Gasteiger partial charge < -0.3 is 10.6 Å². The first-order valence-corrected chi connectivity index (χ1v) is 10.9. The third-order valence-corrected chi connectivity index (χ3v) is 6.44. The number of piperidine rings is 1. The van der Waals surface area contributed by atoms with Crippen LogP contribution in [0.5, 0.6) is 0 Å². The maximum atomic E-state index is 14.2. The Hall–Kier alpha value is -2.72. The fraction of sp³-hybridized carbons (Fsp3) is 0.545. The average Bonchev–Trinajstić information content (AvgIpc) is 2.88. The molecule has 0 radical (unpaired) electrons. The zero-order chi connectivity index (χ0) is 22.9. The van der Waals surface area contributed by atoms with Crippen molar-refractivity contribution in [2.45, 2.75) is 50.6 Å². The number of nitrogens with one attached hydrogen (secondary N) is 3. The van der Waals surface area contributed by atoms with Crippen LogP contribution in [0, 0.1) is 5.92 Å². The SMILES string of the molecule is O=C1CCC(N2C(=O)c3cccc(CNCCC4CCNCCC4(F)F)c3C2=O)C(=O)N1. The smallest absolute Gasteiger partial charge is 0.262 e. The number of hydrogen-bond donors (Lipinski definition) is 3. The van der Waals surface area contributed by atoms with E-state index in [1.165, 1.54) is 6.07 Å². The molecule has 3 aliphatic rings. The Morgan fingerprint density at radius 1 is 1.09 bits per heavy atom. The molecule has 2 atom stereocenters. The minimum Gasteiger partial charge on any atom is -0.316 e. The van der Waals surface area contributed by atoms with Crippen LogP contribution in [0.15, 0.2) is 18.2 Å². The van der Waals surface area contributed by atoms with E-state index in [9.17, 15) is 28.0 Å². The number of halogens is 2. The zero-order valence-electron chi connectivity index (χ0n) is 17.6. The highest BCUT2D eigenvalue weighted by Gasteiger charge is 2.45. The van der Waals surface area contributed by atoms with Gasteiger partial charge in [-0.2, -0.15) is 0 Å². The van der Waals surface area contributed by atoms with Crippen LogP contribution in [-0.4, -0.2) is 60.1 Å². The monoisotopic (exact) mass is 448 g/mol. The number of alkyl halides is 2. The van der Waals surface area contributed by atoms with Crippen LogP contribution in [0.2, 0.25) is 0 Å². The Morgan fingerprint density at radius 3 is 2.69 bits per heavy atom. The lowest BCUT2D eigenvalue weighted by Gasteiger charge is -2.27. The van der Waals surface area contributed by atoms with Crippen LogP contribution in [0.4, 0.5) is 8.78 Å². The summed E-state index contributed by atoms with van der Waals surface area (Å²) in [5.41, 5.74) is 1.00. The molecule has 172 valence electrons. The molecule has 0 spiro atoms. The minimum absolute atomic E-state index is 0.0551. The van der Waals surface area contributed by atoms with Crippen molar-refractivity contribution in [2.75, 3.05) is 19.6 Å². The first-order valence-electron chi connectivity index (χ1n) is 10.9. The summed E-state index contributed by atoms with van der Waals surface area (Å²) in [5.74, 6) is -5.63. The number of fused-ring (bicyclic) bond motifs is 1. The van der Waals surface area contributed by atoms with E-state index in [0.717, 1.165) is 4.90 Å². The molecule has 4 amide bonds. The number of imide groups is 2.